The lowest BCUT2D eigenvalue weighted by atomic mass is 10.3. The SMILES string of the molecule is Clc1cccc(Oc2ncccc2CBr)c1Cl. The Balaban J connectivity index is 2.35. The number of hydrogen-bond donors (Lipinski definition) is 0. The van der Waals surface area contributed by atoms with Crippen LogP contribution in [-0.2, 0) is 5.33 Å². The molecule has 0 bridgehead atoms. The third-order valence-electron chi connectivity index (χ3n) is 2.12. The van der Waals surface area contributed by atoms with E-state index in [4.69, 9.17) is 27.9 Å². The first-order valence-corrected chi connectivity index (χ1v) is 6.72. The van der Waals surface area contributed by atoms with E-state index in [0.29, 0.717) is 27.0 Å². The van der Waals surface area contributed by atoms with Crippen molar-refractivity contribution in [3.05, 3.63) is 52.1 Å². The van der Waals surface area contributed by atoms with Gasteiger partial charge in [-0.05, 0) is 18.2 Å². The maximum absolute atomic E-state index is 6.04. The zero-order valence-corrected chi connectivity index (χ0v) is 11.8. The van der Waals surface area contributed by atoms with Gasteiger partial charge in [-0.15, -0.1) is 0 Å². The van der Waals surface area contributed by atoms with Crippen LogP contribution in [0.15, 0.2) is 36.5 Å². The van der Waals surface area contributed by atoms with Crippen molar-refractivity contribution in [2.24, 2.45) is 0 Å². The molecule has 17 heavy (non-hydrogen) atoms. The summed E-state index contributed by atoms with van der Waals surface area (Å²) in [7, 11) is 0. The summed E-state index contributed by atoms with van der Waals surface area (Å²) < 4.78 is 5.65. The van der Waals surface area contributed by atoms with Crippen LogP contribution in [-0.4, -0.2) is 4.98 Å². The van der Waals surface area contributed by atoms with E-state index >= 15 is 0 Å². The van der Waals surface area contributed by atoms with Gasteiger partial charge >= 0.3 is 0 Å². The predicted octanol–water partition coefficient (Wildman–Crippen LogP) is 5.08. The number of nitrogens with zero attached hydrogens (tertiary/aromatic N) is 1. The third-order valence-corrected chi connectivity index (χ3v) is 3.52. The maximum atomic E-state index is 6.04. The molecule has 0 fully saturated rings. The van der Waals surface area contributed by atoms with Gasteiger partial charge in [-0.2, -0.15) is 0 Å². The molecule has 0 radical (unpaired) electrons. The van der Waals surface area contributed by atoms with Gasteiger partial charge in [0.1, 0.15) is 10.8 Å². The Labute approximate surface area is 118 Å². The standard InChI is InChI=1S/C12H8BrCl2NO/c13-7-8-3-2-6-16-12(8)17-10-5-1-4-9(14)11(10)15/h1-6H,7H2. The van der Waals surface area contributed by atoms with Crippen LogP contribution in [0.25, 0.3) is 0 Å². The highest BCUT2D eigenvalue weighted by Crippen LogP contribution is 2.35. The molecule has 0 N–H and O–H groups in total. The maximum Gasteiger partial charge on any atom is 0.223 e. The van der Waals surface area contributed by atoms with Crippen molar-refractivity contribution in [3.8, 4) is 11.6 Å². The normalized spacial score (nSPS) is 10.3. The summed E-state index contributed by atoms with van der Waals surface area (Å²) in [4.78, 5) is 4.16. The van der Waals surface area contributed by atoms with Gasteiger partial charge in [0.25, 0.3) is 0 Å². The Morgan fingerprint density at radius 2 is 2.00 bits per heavy atom. The van der Waals surface area contributed by atoms with Crippen LogP contribution < -0.4 is 4.74 Å². The fourth-order valence-corrected chi connectivity index (χ4v) is 2.04. The first-order chi connectivity index (χ1) is 8.22. The molecular formula is C12H8BrCl2NO. The van der Waals surface area contributed by atoms with Crippen molar-refractivity contribution in [3.63, 3.8) is 0 Å². The second-order valence-corrected chi connectivity index (χ2v) is 4.60. The third kappa shape index (κ3) is 2.92. The van der Waals surface area contributed by atoms with Gasteiger partial charge in [-0.1, -0.05) is 51.3 Å². The van der Waals surface area contributed by atoms with Gasteiger partial charge in [0.2, 0.25) is 5.88 Å². The summed E-state index contributed by atoms with van der Waals surface area (Å²) in [6.45, 7) is 0. The smallest absolute Gasteiger partial charge is 0.223 e. The molecule has 0 atom stereocenters. The van der Waals surface area contributed by atoms with E-state index in [9.17, 15) is 0 Å². The van der Waals surface area contributed by atoms with Gasteiger partial charge in [-0.3, -0.25) is 0 Å². The van der Waals surface area contributed by atoms with E-state index in [-0.39, 0.29) is 0 Å². The molecule has 0 spiro atoms. The summed E-state index contributed by atoms with van der Waals surface area (Å²) in [6, 6.07) is 9.01. The van der Waals surface area contributed by atoms with Crippen molar-refractivity contribution in [2.45, 2.75) is 5.33 Å². The number of alkyl halides is 1. The van der Waals surface area contributed by atoms with E-state index in [2.05, 4.69) is 20.9 Å². The Bertz CT molecular complexity index is 534. The monoisotopic (exact) mass is 331 g/mol. The molecule has 0 aliphatic carbocycles. The molecule has 0 unspecified atom stereocenters. The van der Waals surface area contributed by atoms with Crippen molar-refractivity contribution < 1.29 is 4.74 Å². The van der Waals surface area contributed by atoms with E-state index < -0.39 is 0 Å². The zero-order chi connectivity index (χ0) is 12.3. The number of benzene rings is 1. The lowest BCUT2D eigenvalue weighted by molar-refractivity contribution is 0.459. The summed E-state index contributed by atoms with van der Waals surface area (Å²) in [6.07, 6.45) is 1.67. The van der Waals surface area contributed by atoms with Crippen LogP contribution >= 0.6 is 39.1 Å². The minimum atomic E-state index is 0.389. The van der Waals surface area contributed by atoms with Crippen molar-refractivity contribution in [1.29, 1.82) is 0 Å². The van der Waals surface area contributed by atoms with E-state index in [1.165, 1.54) is 0 Å². The number of aromatic nitrogens is 1. The molecule has 0 aliphatic heterocycles. The molecule has 1 aromatic heterocycles. The number of rotatable bonds is 3. The molecule has 0 saturated carbocycles. The highest BCUT2D eigenvalue weighted by atomic mass is 79.9. The molecule has 0 aliphatic rings. The predicted molar refractivity (Wildman–Crippen MR) is 73.4 cm³/mol. The highest BCUT2D eigenvalue weighted by molar-refractivity contribution is 9.08. The number of ether oxygens (including phenoxy) is 1. The fourth-order valence-electron chi connectivity index (χ4n) is 1.28. The summed E-state index contributed by atoms with van der Waals surface area (Å²) in [5.74, 6) is 1.02. The lowest BCUT2D eigenvalue weighted by Crippen LogP contribution is -1.93. The Morgan fingerprint density at radius 1 is 1.18 bits per heavy atom. The summed E-state index contributed by atoms with van der Waals surface area (Å²) in [5, 5.41) is 1.51. The largest absolute Gasteiger partial charge is 0.437 e. The summed E-state index contributed by atoms with van der Waals surface area (Å²) >= 11 is 15.3. The number of pyridine rings is 1. The highest BCUT2D eigenvalue weighted by Gasteiger charge is 2.09. The van der Waals surface area contributed by atoms with E-state index in [1.807, 2.05) is 12.1 Å². The molecule has 2 nitrogen and oxygen atoms in total. The molecule has 5 heteroatoms. The van der Waals surface area contributed by atoms with Crippen molar-refractivity contribution in [1.82, 2.24) is 4.98 Å². The fraction of sp³-hybridized carbons (Fsp3) is 0.0833. The molecule has 2 rings (SSSR count). The van der Waals surface area contributed by atoms with Gasteiger partial charge in [0.05, 0.1) is 5.02 Å². The minimum Gasteiger partial charge on any atom is -0.437 e. The number of halogens is 3. The first kappa shape index (κ1) is 12.7. The second-order valence-electron chi connectivity index (χ2n) is 3.26. The Hall–Kier alpha value is -0.770. The van der Waals surface area contributed by atoms with E-state index in [0.717, 1.165) is 5.56 Å². The van der Waals surface area contributed by atoms with Crippen LogP contribution in [0.4, 0.5) is 0 Å². The molecule has 88 valence electrons. The molecule has 0 saturated heterocycles. The quantitative estimate of drug-likeness (QED) is 0.731. The average molecular weight is 333 g/mol. The average Bonchev–Trinajstić information content (AvgIpc) is 2.35. The molecule has 2 aromatic rings. The van der Waals surface area contributed by atoms with Crippen molar-refractivity contribution in [2.75, 3.05) is 0 Å². The topological polar surface area (TPSA) is 22.1 Å². The van der Waals surface area contributed by atoms with Crippen LogP contribution in [0.2, 0.25) is 10.0 Å². The first-order valence-electron chi connectivity index (χ1n) is 4.84. The molecular weight excluding hydrogens is 325 g/mol. The molecule has 0 amide bonds. The molecule has 1 aromatic carbocycles. The van der Waals surface area contributed by atoms with E-state index in [1.54, 1.807) is 24.4 Å². The zero-order valence-electron chi connectivity index (χ0n) is 8.66. The minimum absolute atomic E-state index is 0.389. The van der Waals surface area contributed by atoms with Gasteiger partial charge in [0.15, 0.2) is 0 Å². The Morgan fingerprint density at radius 3 is 2.76 bits per heavy atom. The van der Waals surface area contributed by atoms with Crippen LogP contribution in [0, 0.1) is 0 Å². The van der Waals surface area contributed by atoms with Gasteiger partial charge in [0, 0.05) is 17.1 Å². The molecule has 1 heterocycles. The Kier molecular flexibility index (Phi) is 4.26. The van der Waals surface area contributed by atoms with Crippen LogP contribution in [0.5, 0.6) is 11.6 Å². The van der Waals surface area contributed by atoms with Crippen LogP contribution in [0.3, 0.4) is 0 Å². The van der Waals surface area contributed by atoms with Gasteiger partial charge < -0.3 is 4.74 Å². The van der Waals surface area contributed by atoms with Crippen LogP contribution in [0.1, 0.15) is 5.56 Å². The second kappa shape index (κ2) is 5.71. The lowest BCUT2D eigenvalue weighted by Gasteiger charge is -2.09. The van der Waals surface area contributed by atoms with Gasteiger partial charge in [-0.25, -0.2) is 4.98 Å². The summed E-state index contributed by atoms with van der Waals surface area (Å²) in [5.41, 5.74) is 0.948. The number of hydrogen-bond acceptors (Lipinski definition) is 2. The van der Waals surface area contributed by atoms with Crippen molar-refractivity contribution >= 4 is 39.1 Å².